The van der Waals surface area contributed by atoms with Gasteiger partial charge >= 0.3 is 6.03 Å². The molecular formula is C34H57N5O7S. The molecule has 0 spiro atoms. The van der Waals surface area contributed by atoms with Crippen LogP contribution in [0.3, 0.4) is 0 Å². The number of Topliss-reactive ketones (excluding diaryl/α,β-unsaturated/α-hetero) is 1. The summed E-state index contributed by atoms with van der Waals surface area (Å²) in [6.07, 6.45) is 8.14. The molecule has 0 aromatic rings. The Morgan fingerprint density at radius 2 is 1.49 bits per heavy atom. The number of nitrogens with one attached hydrogen (secondary N) is 3. The van der Waals surface area contributed by atoms with Crippen LogP contribution in [0.1, 0.15) is 119 Å². The summed E-state index contributed by atoms with van der Waals surface area (Å²) < 4.78 is 25.6. The lowest BCUT2D eigenvalue weighted by Crippen LogP contribution is -2.64. The fourth-order valence-corrected chi connectivity index (χ4v) is 8.87. The molecule has 0 radical (unpaired) electrons. The van der Waals surface area contributed by atoms with E-state index >= 15 is 0 Å². The number of ketones is 1. The summed E-state index contributed by atoms with van der Waals surface area (Å²) >= 11 is 0. The van der Waals surface area contributed by atoms with Crippen molar-refractivity contribution in [2.45, 2.75) is 148 Å². The lowest BCUT2D eigenvalue weighted by Gasteiger charge is -2.41. The summed E-state index contributed by atoms with van der Waals surface area (Å²) in [6, 6.07) is -3.57. The van der Waals surface area contributed by atoms with Crippen molar-refractivity contribution in [3.05, 3.63) is 0 Å². The Morgan fingerprint density at radius 1 is 0.894 bits per heavy atom. The zero-order chi connectivity index (χ0) is 35.2. The van der Waals surface area contributed by atoms with Gasteiger partial charge in [-0.1, -0.05) is 59.8 Å². The van der Waals surface area contributed by atoms with Crippen LogP contribution in [0, 0.1) is 22.7 Å². The van der Waals surface area contributed by atoms with Crippen LogP contribution in [0.25, 0.3) is 0 Å². The number of urea groups is 1. The van der Waals surface area contributed by atoms with Crippen LogP contribution in [0.4, 0.5) is 4.79 Å². The molecule has 5 amide bonds. The molecule has 0 aromatic heterocycles. The number of carbonyl (C=O) groups excluding carboxylic acids is 5. The molecule has 266 valence electrons. The third kappa shape index (κ3) is 8.67. The van der Waals surface area contributed by atoms with Gasteiger partial charge in [0.1, 0.15) is 12.1 Å². The highest BCUT2D eigenvalue weighted by molar-refractivity contribution is 7.92. The number of nitrogens with two attached hydrogens (primary N) is 1. The molecule has 1 saturated heterocycles. The number of amides is 5. The molecule has 12 nitrogen and oxygen atoms in total. The quantitative estimate of drug-likeness (QED) is 0.229. The first kappa shape index (κ1) is 37.1. The Hall–Kier alpha value is -2.70. The van der Waals surface area contributed by atoms with Crippen molar-refractivity contribution >= 4 is 39.4 Å². The largest absolute Gasteiger partial charge is 0.363 e. The number of sulfone groups is 1. The molecular weight excluding hydrogens is 622 g/mol. The van der Waals surface area contributed by atoms with Gasteiger partial charge in [0, 0.05) is 6.54 Å². The molecule has 47 heavy (non-hydrogen) atoms. The number of likely N-dealkylation sites (tertiary alicyclic amines) is 1. The molecule has 4 atom stereocenters. The molecule has 1 heterocycles. The lowest BCUT2D eigenvalue weighted by molar-refractivity contribution is -0.144. The summed E-state index contributed by atoms with van der Waals surface area (Å²) in [5, 5.41) is 8.68. The van der Waals surface area contributed by atoms with Crippen molar-refractivity contribution in [1.82, 2.24) is 20.9 Å². The van der Waals surface area contributed by atoms with E-state index in [1.807, 2.05) is 20.8 Å². The van der Waals surface area contributed by atoms with Gasteiger partial charge in [0.15, 0.2) is 9.84 Å². The number of hydrogen-bond acceptors (Lipinski definition) is 7. The van der Waals surface area contributed by atoms with Gasteiger partial charge in [-0.25, -0.2) is 13.2 Å². The SMILES string of the molecule is CC1(C2CCN(C(=O)[C@@H](NC(=O)NC3(CS(=O)(=O)C(C)(C)C)CCCCC3)C(C)(C)C)[C@@H]2C(=O)NC(CC2CC2)C(=O)C(N)=O)CC1. The summed E-state index contributed by atoms with van der Waals surface area (Å²) in [6.45, 7) is 12.9. The highest BCUT2D eigenvalue weighted by atomic mass is 32.2. The molecule has 13 heteroatoms. The van der Waals surface area contributed by atoms with Crippen LogP contribution in [-0.4, -0.2) is 83.6 Å². The summed E-state index contributed by atoms with van der Waals surface area (Å²) in [7, 11) is -3.56. The molecule has 4 rings (SSSR count). The van der Waals surface area contributed by atoms with Crippen molar-refractivity contribution in [2.75, 3.05) is 12.3 Å². The van der Waals surface area contributed by atoms with E-state index < -0.39 is 73.2 Å². The van der Waals surface area contributed by atoms with Crippen molar-refractivity contribution in [1.29, 1.82) is 0 Å². The zero-order valence-corrected chi connectivity index (χ0v) is 30.2. The number of nitrogens with zero attached hydrogens (tertiary/aromatic N) is 1. The van der Waals surface area contributed by atoms with E-state index in [9.17, 15) is 32.4 Å². The van der Waals surface area contributed by atoms with E-state index in [1.165, 1.54) is 4.90 Å². The molecule has 0 aromatic carbocycles. The van der Waals surface area contributed by atoms with Gasteiger partial charge in [-0.05, 0) is 82.0 Å². The molecule has 1 aliphatic heterocycles. The normalized spacial score (nSPS) is 25.3. The van der Waals surface area contributed by atoms with Crippen LogP contribution >= 0.6 is 0 Å². The van der Waals surface area contributed by atoms with Gasteiger partial charge in [-0.15, -0.1) is 0 Å². The first-order valence-corrected chi connectivity index (χ1v) is 19.0. The second kappa shape index (κ2) is 13.3. The Kier molecular flexibility index (Phi) is 10.5. The second-order valence-corrected chi connectivity index (χ2v) is 19.8. The number of hydrogen-bond donors (Lipinski definition) is 4. The highest BCUT2D eigenvalue weighted by Gasteiger charge is 2.56. The van der Waals surface area contributed by atoms with E-state index in [2.05, 4.69) is 22.9 Å². The second-order valence-electron chi connectivity index (χ2n) is 17.1. The Morgan fingerprint density at radius 3 is 1.98 bits per heavy atom. The van der Waals surface area contributed by atoms with Crippen molar-refractivity contribution in [3.8, 4) is 0 Å². The van der Waals surface area contributed by atoms with E-state index in [4.69, 9.17) is 5.73 Å². The molecule has 3 saturated carbocycles. The fraction of sp³-hybridized carbons (Fsp3) is 0.853. The van der Waals surface area contributed by atoms with Crippen LogP contribution in [0.5, 0.6) is 0 Å². The van der Waals surface area contributed by atoms with E-state index in [-0.39, 0.29) is 23.0 Å². The number of primary amides is 1. The average molecular weight is 680 g/mol. The summed E-state index contributed by atoms with van der Waals surface area (Å²) in [5.74, 6) is -2.95. The molecule has 3 aliphatic carbocycles. The lowest BCUT2D eigenvalue weighted by atomic mass is 9.82. The van der Waals surface area contributed by atoms with Crippen molar-refractivity contribution < 1.29 is 32.4 Å². The molecule has 0 bridgehead atoms. The summed E-state index contributed by atoms with van der Waals surface area (Å²) in [5.41, 5.74) is 3.48. The van der Waals surface area contributed by atoms with Crippen LogP contribution < -0.4 is 21.7 Å². The maximum atomic E-state index is 14.4. The zero-order valence-electron chi connectivity index (χ0n) is 29.4. The monoisotopic (exact) mass is 679 g/mol. The van der Waals surface area contributed by atoms with Crippen molar-refractivity contribution in [2.24, 2.45) is 28.4 Å². The minimum Gasteiger partial charge on any atom is -0.363 e. The van der Waals surface area contributed by atoms with Gasteiger partial charge in [0.2, 0.25) is 17.6 Å². The van der Waals surface area contributed by atoms with Gasteiger partial charge < -0.3 is 26.6 Å². The topological polar surface area (TPSA) is 185 Å². The first-order chi connectivity index (χ1) is 21.6. The maximum absolute atomic E-state index is 14.4. The molecule has 4 fully saturated rings. The average Bonchev–Trinajstić information content (AvgIpc) is 3.87. The standard InChI is InChI=1S/C34H57N5O7S/c1-31(2,3)26(37-30(44)38-34(14-9-8-10-15-34)20-47(45,46)32(4,5)6)29(43)39-18-13-22(33(7)16-17-33)24(39)28(42)36-23(19-21-11-12-21)25(40)27(35)41/h21-24,26H,8-20H2,1-7H3,(H2,35,41)(H,36,42)(H2,37,38,44)/t22?,23?,24-,26+/m0/s1. The predicted molar refractivity (Wildman–Crippen MR) is 179 cm³/mol. The van der Waals surface area contributed by atoms with E-state index in [0.29, 0.717) is 32.2 Å². The number of carbonyl (C=O) groups is 5. The Balaban J connectivity index is 1.57. The third-order valence-electron chi connectivity index (χ3n) is 11.0. The smallest absolute Gasteiger partial charge is 0.315 e. The van der Waals surface area contributed by atoms with Crippen LogP contribution in [0.15, 0.2) is 0 Å². The maximum Gasteiger partial charge on any atom is 0.315 e. The molecule has 5 N–H and O–H groups in total. The van der Waals surface area contributed by atoms with Gasteiger partial charge in [-0.2, -0.15) is 0 Å². The van der Waals surface area contributed by atoms with E-state index in [1.54, 1.807) is 20.8 Å². The summed E-state index contributed by atoms with van der Waals surface area (Å²) in [4.78, 5) is 68.2. The minimum atomic E-state index is -3.56. The fourth-order valence-electron chi connectivity index (χ4n) is 7.35. The minimum absolute atomic E-state index is 0.134. The first-order valence-electron chi connectivity index (χ1n) is 17.3. The van der Waals surface area contributed by atoms with Crippen molar-refractivity contribution in [3.63, 3.8) is 0 Å². The van der Waals surface area contributed by atoms with Crippen LogP contribution in [-0.2, 0) is 29.0 Å². The third-order valence-corrected chi connectivity index (χ3v) is 13.8. The number of rotatable bonds is 12. The van der Waals surface area contributed by atoms with Crippen LogP contribution in [0.2, 0.25) is 0 Å². The van der Waals surface area contributed by atoms with Gasteiger partial charge in [0.05, 0.1) is 22.1 Å². The highest BCUT2D eigenvalue weighted by Crippen LogP contribution is 2.56. The van der Waals surface area contributed by atoms with Gasteiger partial charge in [0.25, 0.3) is 5.91 Å². The van der Waals surface area contributed by atoms with Gasteiger partial charge in [-0.3, -0.25) is 19.2 Å². The Labute approximate surface area is 280 Å². The molecule has 2 unspecified atom stereocenters. The van der Waals surface area contributed by atoms with E-state index in [0.717, 1.165) is 44.9 Å². The Bertz CT molecular complexity index is 1350. The molecule has 4 aliphatic rings. The predicted octanol–water partition coefficient (Wildman–Crippen LogP) is 2.97.